The van der Waals surface area contributed by atoms with E-state index in [4.69, 9.17) is 4.74 Å². The summed E-state index contributed by atoms with van der Waals surface area (Å²) in [6.07, 6.45) is 3.61. The normalized spacial score (nSPS) is 18.9. The molecule has 0 radical (unpaired) electrons. The van der Waals surface area contributed by atoms with Gasteiger partial charge in [-0.15, -0.1) is 10.2 Å². The quantitative estimate of drug-likeness (QED) is 0.508. The van der Waals surface area contributed by atoms with E-state index in [2.05, 4.69) is 30.7 Å². The fraction of sp³-hybridized carbons (Fsp3) is 0.526. The predicted molar refractivity (Wildman–Crippen MR) is 113 cm³/mol. The molecule has 1 N–H and O–H groups in total. The Balaban J connectivity index is 1.54. The Labute approximate surface area is 189 Å². The number of rotatable bonds is 7. The monoisotopic (exact) mass is 476 g/mol. The second-order valence-electron chi connectivity index (χ2n) is 8.10. The Morgan fingerprint density at radius 3 is 2.70 bits per heavy atom. The van der Waals surface area contributed by atoms with Crippen LogP contribution in [0, 0.1) is 12.8 Å². The van der Waals surface area contributed by atoms with Gasteiger partial charge in [0, 0.05) is 13.3 Å². The summed E-state index contributed by atoms with van der Waals surface area (Å²) in [6, 6.07) is 3.54. The molecule has 14 heteroatoms. The van der Waals surface area contributed by atoms with Crippen molar-refractivity contribution in [2.24, 2.45) is 13.0 Å². The number of aromatic nitrogens is 8. The van der Waals surface area contributed by atoms with Crippen LogP contribution in [0.4, 0.5) is 0 Å². The standard InChI is InChI=1S/C19H24N8O5S/c1-11-16(32-13-6-4-5-12(9-13)18(28)29)8-7-14(20-11)17-15(26(2)24-21-17)10-27-23-19(22-25-27)33(3,30)31/h7-8,12-13H,4-6,9-10H2,1-3H3,(H,28,29)/t12-,13-/m0/s1. The van der Waals surface area contributed by atoms with Gasteiger partial charge in [-0.3, -0.25) is 4.79 Å². The molecule has 0 bridgehead atoms. The molecule has 3 aromatic rings. The first kappa shape index (κ1) is 22.8. The largest absolute Gasteiger partial charge is 0.489 e. The average molecular weight is 477 g/mol. The number of pyridine rings is 1. The average Bonchev–Trinajstić information content (AvgIpc) is 3.37. The van der Waals surface area contributed by atoms with Crippen molar-refractivity contribution in [1.29, 1.82) is 0 Å². The van der Waals surface area contributed by atoms with E-state index in [-0.39, 0.29) is 23.7 Å². The molecule has 0 unspecified atom stereocenters. The highest BCUT2D eigenvalue weighted by Crippen LogP contribution is 2.30. The highest BCUT2D eigenvalue weighted by Gasteiger charge is 2.28. The number of hydrogen-bond donors (Lipinski definition) is 1. The lowest BCUT2D eigenvalue weighted by molar-refractivity contribution is -0.143. The maximum Gasteiger partial charge on any atom is 0.306 e. The zero-order chi connectivity index (χ0) is 23.8. The van der Waals surface area contributed by atoms with E-state index < -0.39 is 15.8 Å². The number of carboxylic acid groups (broad SMARTS) is 1. The number of carbonyl (C=O) groups is 1. The molecule has 1 aliphatic rings. The van der Waals surface area contributed by atoms with Crippen molar-refractivity contribution < 1.29 is 23.1 Å². The Morgan fingerprint density at radius 2 is 2.03 bits per heavy atom. The van der Waals surface area contributed by atoms with Crippen LogP contribution in [0.15, 0.2) is 17.3 Å². The van der Waals surface area contributed by atoms with Crippen molar-refractivity contribution in [3.8, 4) is 17.1 Å². The molecule has 1 fully saturated rings. The topological polar surface area (TPSA) is 168 Å². The zero-order valence-corrected chi connectivity index (χ0v) is 19.2. The lowest BCUT2D eigenvalue weighted by Crippen LogP contribution is -2.29. The Bertz CT molecular complexity index is 1290. The summed E-state index contributed by atoms with van der Waals surface area (Å²) >= 11 is 0. The number of sulfone groups is 1. The molecule has 1 saturated carbocycles. The van der Waals surface area contributed by atoms with Crippen LogP contribution >= 0.6 is 0 Å². The van der Waals surface area contributed by atoms with E-state index in [0.717, 1.165) is 23.9 Å². The van der Waals surface area contributed by atoms with Crippen LogP contribution in [0.5, 0.6) is 5.75 Å². The van der Waals surface area contributed by atoms with Gasteiger partial charge in [-0.2, -0.15) is 4.80 Å². The van der Waals surface area contributed by atoms with Crippen molar-refractivity contribution in [2.45, 2.75) is 50.4 Å². The van der Waals surface area contributed by atoms with Crippen molar-refractivity contribution in [3.63, 3.8) is 0 Å². The first-order valence-electron chi connectivity index (χ1n) is 10.4. The summed E-state index contributed by atoms with van der Waals surface area (Å²) in [5.41, 5.74) is 2.30. The fourth-order valence-electron chi connectivity index (χ4n) is 3.79. The van der Waals surface area contributed by atoms with Crippen molar-refractivity contribution >= 4 is 15.8 Å². The third-order valence-corrected chi connectivity index (χ3v) is 6.38. The van der Waals surface area contributed by atoms with E-state index in [1.165, 1.54) is 4.68 Å². The fourth-order valence-corrected chi connectivity index (χ4v) is 4.22. The van der Waals surface area contributed by atoms with Crippen molar-refractivity contribution in [1.82, 2.24) is 40.2 Å². The molecule has 13 nitrogen and oxygen atoms in total. The van der Waals surface area contributed by atoms with Crippen LogP contribution in [0.1, 0.15) is 37.1 Å². The second-order valence-corrected chi connectivity index (χ2v) is 10.0. The van der Waals surface area contributed by atoms with Crippen LogP contribution < -0.4 is 4.74 Å². The number of tetrazole rings is 1. The Hall–Kier alpha value is -3.42. The molecule has 3 heterocycles. The number of carboxylic acids is 1. The molecule has 3 aromatic heterocycles. The van der Waals surface area contributed by atoms with Gasteiger partial charge in [0.1, 0.15) is 18.0 Å². The zero-order valence-electron chi connectivity index (χ0n) is 18.4. The van der Waals surface area contributed by atoms with Gasteiger partial charge in [-0.25, -0.2) is 18.1 Å². The minimum Gasteiger partial charge on any atom is -0.489 e. The lowest BCUT2D eigenvalue weighted by atomic mass is 9.87. The van der Waals surface area contributed by atoms with Gasteiger partial charge in [0.05, 0.1) is 29.1 Å². The number of ether oxygens (including phenoxy) is 1. The minimum absolute atomic E-state index is 0.0962. The number of aryl methyl sites for hydroxylation is 2. The van der Waals surface area contributed by atoms with Crippen LogP contribution in [0.2, 0.25) is 0 Å². The van der Waals surface area contributed by atoms with E-state index in [1.54, 1.807) is 19.2 Å². The molecule has 176 valence electrons. The second kappa shape index (κ2) is 8.84. The van der Waals surface area contributed by atoms with E-state index >= 15 is 0 Å². The minimum atomic E-state index is -3.57. The molecule has 0 saturated heterocycles. The molecule has 4 rings (SSSR count). The van der Waals surface area contributed by atoms with Gasteiger partial charge in [0.15, 0.2) is 0 Å². The summed E-state index contributed by atoms with van der Waals surface area (Å²) in [4.78, 5) is 17.1. The van der Waals surface area contributed by atoms with E-state index in [0.29, 0.717) is 41.4 Å². The van der Waals surface area contributed by atoms with Crippen LogP contribution in [-0.2, 0) is 28.2 Å². The van der Waals surface area contributed by atoms with Crippen LogP contribution in [-0.4, -0.2) is 72.0 Å². The number of aliphatic carboxylic acids is 1. The SMILES string of the molecule is Cc1nc(-c2nnn(C)c2Cn2nnc(S(C)(=O)=O)n2)ccc1O[C@H]1CCC[C@H](C(=O)O)C1. The van der Waals surface area contributed by atoms with Crippen molar-refractivity contribution in [3.05, 3.63) is 23.5 Å². The molecule has 0 spiro atoms. The van der Waals surface area contributed by atoms with Crippen LogP contribution in [0.25, 0.3) is 11.4 Å². The highest BCUT2D eigenvalue weighted by molar-refractivity contribution is 7.90. The molecular formula is C19H24N8O5S. The van der Waals surface area contributed by atoms with Crippen molar-refractivity contribution in [2.75, 3.05) is 6.26 Å². The number of nitrogens with zero attached hydrogens (tertiary/aromatic N) is 8. The van der Waals surface area contributed by atoms with E-state index in [9.17, 15) is 18.3 Å². The molecule has 1 aliphatic carbocycles. The molecular weight excluding hydrogens is 452 g/mol. The number of hydrogen-bond acceptors (Lipinski definition) is 10. The summed E-state index contributed by atoms with van der Waals surface area (Å²) in [6.45, 7) is 1.91. The molecule has 33 heavy (non-hydrogen) atoms. The van der Waals surface area contributed by atoms with Gasteiger partial charge < -0.3 is 9.84 Å². The third kappa shape index (κ3) is 4.99. The van der Waals surface area contributed by atoms with Crippen LogP contribution in [0.3, 0.4) is 0 Å². The lowest BCUT2D eigenvalue weighted by Gasteiger charge is -2.27. The summed E-state index contributed by atoms with van der Waals surface area (Å²) in [5, 5.41) is 28.4. The van der Waals surface area contributed by atoms with Gasteiger partial charge >= 0.3 is 5.97 Å². The Kier molecular flexibility index (Phi) is 6.10. The highest BCUT2D eigenvalue weighted by atomic mass is 32.2. The first-order valence-corrected chi connectivity index (χ1v) is 12.2. The van der Waals surface area contributed by atoms with Gasteiger partial charge in [-0.1, -0.05) is 10.3 Å². The Morgan fingerprint density at radius 1 is 1.24 bits per heavy atom. The first-order chi connectivity index (χ1) is 15.6. The van der Waals surface area contributed by atoms with Gasteiger partial charge in [0.2, 0.25) is 9.84 Å². The maximum absolute atomic E-state index is 11.6. The predicted octanol–water partition coefficient (Wildman–Crippen LogP) is 0.646. The smallest absolute Gasteiger partial charge is 0.306 e. The molecule has 0 amide bonds. The van der Waals surface area contributed by atoms with Gasteiger partial charge in [0.25, 0.3) is 5.16 Å². The third-order valence-electron chi connectivity index (χ3n) is 5.55. The summed E-state index contributed by atoms with van der Waals surface area (Å²) in [7, 11) is -1.87. The summed E-state index contributed by atoms with van der Waals surface area (Å²) in [5.74, 6) is -0.572. The molecule has 0 aliphatic heterocycles. The summed E-state index contributed by atoms with van der Waals surface area (Å²) < 4.78 is 30.8. The maximum atomic E-state index is 11.6. The van der Waals surface area contributed by atoms with Gasteiger partial charge in [-0.05, 0) is 50.0 Å². The van der Waals surface area contributed by atoms with E-state index in [1.807, 2.05) is 6.92 Å². The molecule has 2 atom stereocenters. The molecule has 0 aromatic carbocycles.